The second kappa shape index (κ2) is 10.8. The van der Waals surface area contributed by atoms with Gasteiger partial charge in [0, 0.05) is 30.3 Å². The van der Waals surface area contributed by atoms with E-state index in [0.29, 0.717) is 40.9 Å². The van der Waals surface area contributed by atoms with Gasteiger partial charge in [0.25, 0.3) is 6.01 Å². The van der Waals surface area contributed by atoms with Gasteiger partial charge in [-0.3, -0.25) is 4.79 Å². The van der Waals surface area contributed by atoms with Gasteiger partial charge in [0.05, 0.1) is 18.6 Å². The highest BCUT2D eigenvalue weighted by Gasteiger charge is 2.31. The number of oxazole rings is 1. The van der Waals surface area contributed by atoms with Gasteiger partial charge in [-0.15, -0.1) is 0 Å². The van der Waals surface area contributed by atoms with Crippen molar-refractivity contribution in [2.24, 2.45) is 17.6 Å². The van der Waals surface area contributed by atoms with Crippen molar-refractivity contribution in [3.05, 3.63) is 54.1 Å². The Morgan fingerprint density at radius 3 is 2.83 bits per heavy atom. The van der Waals surface area contributed by atoms with Crippen LogP contribution in [0.25, 0.3) is 11.3 Å². The smallest absolute Gasteiger partial charge is 0.295 e. The molecule has 0 unspecified atom stereocenters. The minimum atomic E-state index is -0.465. The first-order valence-electron chi connectivity index (χ1n) is 12.7. The van der Waals surface area contributed by atoms with Crippen LogP contribution in [0.4, 0.5) is 11.8 Å². The molecule has 3 atom stereocenters. The van der Waals surface area contributed by atoms with Gasteiger partial charge in [-0.05, 0) is 56.1 Å². The summed E-state index contributed by atoms with van der Waals surface area (Å²) in [4.78, 5) is 26.9. The number of piperidine rings is 1. The van der Waals surface area contributed by atoms with Crippen LogP contribution in [0, 0.1) is 23.2 Å². The van der Waals surface area contributed by atoms with Crippen LogP contribution >= 0.6 is 0 Å². The van der Waals surface area contributed by atoms with E-state index in [9.17, 15) is 4.79 Å². The molecule has 2 aliphatic rings. The van der Waals surface area contributed by atoms with Crippen molar-refractivity contribution in [2.75, 3.05) is 23.3 Å². The molecule has 0 radical (unpaired) electrons. The maximum atomic E-state index is 11.5. The quantitative estimate of drug-likeness (QED) is 0.503. The molecule has 9 heteroatoms. The fraction of sp³-hybridized carbons (Fsp3) is 0.444. The lowest BCUT2D eigenvalue weighted by Crippen LogP contribution is -2.39. The molecule has 1 amide bonds. The molecule has 3 aromatic rings. The summed E-state index contributed by atoms with van der Waals surface area (Å²) in [5, 5.41) is 12.6. The van der Waals surface area contributed by atoms with Crippen molar-refractivity contribution in [3.63, 3.8) is 0 Å². The lowest BCUT2D eigenvalue weighted by molar-refractivity contribution is 0.100. The van der Waals surface area contributed by atoms with Gasteiger partial charge in [0.15, 0.2) is 11.5 Å². The average molecular weight is 486 g/mol. The molecular weight excluding hydrogens is 454 g/mol. The van der Waals surface area contributed by atoms with Crippen molar-refractivity contribution >= 4 is 17.7 Å². The molecule has 1 saturated heterocycles. The first kappa shape index (κ1) is 23.8. The van der Waals surface area contributed by atoms with Crippen LogP contribution in [0.2, 0.25) is 0 Å². The summed E-state index contributed by atoms with van der Waals surface area (Å²) in [6, 6.07) is 9.95. The molecule has 1 aromatic carbocycles. The summed E-state index contributed by atoms with van der Waals surface area (Å²) >= 11 is 0. The Morgan fingerprint density at radius 1 is 1.14 bits per heavy atom. The third kappa shape index (κ3) is 5.48. The Kier molecular flexibility index (Phi) is 7.12. The lowest BCUT2D eigenvalue weighted by Gasteiger charge is -2.38. The lowest BCUT2D eigenvalue weighted by atomic mass is 9.77. The molecule has 1 saturated carbocycles. The number of hydrogen-bond donors (Lipinski definition) is 2. The van der Waals surface area contributed by atoms with Crippen molar-refractivity contribution in [1.29, 1.82) is 5.26 Å². The first-order chi connectivity index (χ1) is 17.6. The summed E-state index contributed by atoms with van der Waals surface area (Å²) in [5.74, 6) is 2.13. The second-order valence-corrected chi connectivity index (χ2v) is 9.83. The van der Waals surface area contributed by atoms with Crippen LogP contribution in [0.5, 0.6) is 0 Å². The van der Waals surface area contributed by atoms with Crippen LogP contribution in [0.3, 0.4) is 0 Å². The number of rotatable bonds is 7. The van der Waals surface area contributed by atoms with E-state index in [2.05, 4.69) is 25.2 Å². The maximum Gasteiger partial charge on any atom is 0.295 e. The third-order valence-electron chi connectivity index (χ3n) is 7.39. The predicted molar refractivity (Wildman–Crippen MR) is 136 cm³/mol. The molecule has 36 heavy (non-hydrogen) atoms. The number of nitrogens with zero attached hydrogens (tertiary/aromatic N) is 5. The standard InChI is InChI=1S/C27H31N7O2/c28-13-22-14-31-25(16-30-22)34-10-4-5-18(17-34)11-19-6-1-2-9-23(19)33-27-32-15-24(36-27)20-7-3-8-21(12-20)26(29)35/h3,7-8,12,14-16,18-19,23H,1-2,4-6,9-11,17H2,(H2,29,35)(H,32,33)/t18-,19+,23-/m1/s1. The van der Waals surface area contributed by atoms with Crippen LogP contribution in [0.1, 0.15) is 61.0 Å². The predicted octanol–water partition coefficient (Wildman–Crippen LogP) is 4.38. The number of carbonyl (C=O) groups is 1. The van der Waals surface area contributed by atoms with Crippen molar-refractivity contribution in [1.82, 2.24) is 15.0 Å². The highest BCUT2D eigenvalue weighted by molar-refractivity contribution is 5.93. The number of carbonyl (C=O) groups excluding carboxylic acids is 1. The highest BCUT2D eigenvalue weighted by Crippen LogP contribution is 2.35. The zero-order valence-electron chi connectivity index (χ0n) is 20.3. The summed E-state index contributed by atoms with van der Waals surface area (Å²) < 4.78 is 6.02. The fourth-order valence-corrected chi connectivity index (χ4v) is 5.57. The van der Waals surface area contributed by atoms with E-state index in [-0.39, 0.29) is 0 Å². The van der Waals surface area contributed by atoms with Gasteiger partial charge in [-0.1, -0.05) is 25.0 Å². The number of aromatic nitrogens is 3. The normalized spacial score (nSPS) is 22.1. The number of nitriles is 1. The van der Waals surface area contributed by atoms with Gasteiger partial charge in [0.1, 0.15) is 11.9 Å². The van der Waals surface area contributed by atoms with Gasteiger partial charge in [-0.25, -0.2) is 15.0 Å². The van der Waals surface area contributed by atoms with E-state index >= 15 is 0 Å². The number of amides is 1. The number of benzene rings is 1. The Hall–Kier alpha value is -3.93. The van der Waals surface area contributed by atoms with E-state index in [4.69, 9.17) is 15.4 Å². The maximum absolute atomic E-state index is 11.5. The zero-order chi connectivity index (χ0) is 24.9. The third-order valence-corrected chi connectivity index (χ3v) is 7.39. The van der Waals surface area contributed by atoms with Crippen LogP contribution in [-0.4, -0.2) is 40.0 Å². The molecule has 3 heterocycles. The molecule has 0 bridgehead atoms. The summed E-state index contributed by atoms with van der Waals surface area (Å²) in [6.07, 6.45) is 13.2. The van der Waals surface area contributed by atoms with Crippen molar-refractivity contribution in [2.45, 2.75) is 51.0 Å². The van der Waals surface area contributed by atoms with E-state index in [1.807, 2.05) is 12.1 Å². The summed E-state index contributed by atoms with van der Waals surface area (Å²) in [6.45, 7) is 1.93. The first-order valence-corrected chi connectivity index (χ1v) is 12.7. The summed E-state index contributed by atoms with van der Waals surface area (Å²) in [7, 11) is 0. The molecule has 1 aliphatic carbocycles. The van der Waals surface area contributed by atoms with Gasteiger partial charge >= 0.3 is 0 Å². The average Bonchev–Trinajstić information content (AvgIpc) is 3.39. The SMILES string of the molecule is N#Cc1cnc(N2CCC[C@H](C[C@@H]3CCCC[C@H]3Nc3ncc(-c4cccc(C(N)=O)c4)o3)C2)cn1. The molecule has 3 N–H and O–H groups in total. The minimum absolute atomic E-state index is 0.312. The Balaban J connectivity index is 1.23. The largest absolute Gasteiger partial charge is 0.424 e. The van der Waals surface area contributed by atoms with Gasteiger partial charge in [-0.2, -0.15) is 5.26 Å². The number of nitrogens with one attached hydrogen (secondary N) is 1. The fourth-order valence-electron chi connectivity index (χ4n) is 5.57. The van der Waals surface area contributed by atoms with E-state index in [1.165, 1.54) is 25.7 Å². The van der Waals surface area contributed by atoms with Crippen LogP contribution in [0.15, 0.2) is 47.3 Å². The Morgan fingerprint density at radius 2 is 2.03 bits per heavy atom. The van der Waals surface area contributed by atoms with Crippen molar-refractivity contribution in [3.8, 4) is 17.4 Å². The topological polar surface area (TPSA) is 134 Å². The van der Waals surface area contributed by atoms with E-state index in [1.54, 1.807) is 36.8 Å². The molecule has 186 valence electrons. The number of hydrogen-bond acceptors (Lipinski definition) is 8. The Labute approximate surface area is 210 Å². The van der Waals surface area contributed by atoms with Gasteiger partial charge in [0.2, 0.25) is 5.91 Å². The second-order valence-electron chi connectivity index (χ2n) is 9.83. The molecule has 9 nitrogen and oxygen atoms in total. The molecule has 5 rings (SSSR count). The zero-order valence-corrected chi connectivity index (χ0v) is 20.3. The number of primary amides is 1. The molecule has 2 aromatic heterocycles. The monoisotopic (exact) mass is 485 g/mol. The molecule has 2 fully saturated rings. The molecule has 1 aliphatic heterocycles. The summed E-state index contributed by atoms with van der Waals surface area (Å²) in [5.41, 5.74) is 6.98. The minimum Gasteiger partial charge on any atom is -0.424 e. The number of nitrogens with two attached hydrogens (primary N) is 1. The molecular formula is C27H31N7O2. The number of anilines is 2. The van der Waals surface area contributed by atoms with Gasteiger partial charge < -0.3 is 20.4 Å². The Bertz CT molecular complexity index is 1230. The van der Waals surface area contributed by atoms with E-state index < -0.39 is 5.91 Å². The van der Waals surface area contributed by atoms with Crippen LogP contribution < -0.4 is 16.0 Å². The molecule has 0 spiro atoms. The van der Waals surface area contributed by atoms with E-state index in [0.717, 1.165) is 43.7 Å². The van der Waals surface area contributed by atoms with Crippen molar-refractivity contribution < 1.29 is 9.21 Å². The highest BCUT2D eigenvalue weighted by atomic mass is 16.4. The van der Waals surface area contributed by atoms with Crippen LogP contribution in [-0.2, 0) is 0 Å².